The molecule has 2 aromatic rings. The van der Waals surface area contributed by atoms with Gasteiger partial charge in [-0.3, -0.25) is 4.79 Å². The van der Waals surface area contributed by atoms with Crippen LogP contribution in [0.25, 0.3) is 0 Å². The molecular weight excluding hydrogens is 294 g/mol. The highest BCUT2D eigenvalue weighted by molar-refractivity contribution is 5.87. The Hall–Kier alpha value is -1.93. The van der Waals surface area contributed by atoms with Crippen molar-refractivity contribution in [2.75, 3.05) is 0 Å². The zero-order valence-corrected chi connectivity index (χ0v) is 14.5. The van der Waals surface area contributed by atoms with Crippen molar-refractivity contribution in [3.05, 3.63) is 71.8 Å². The van der Waals surface area contributed by atoms with E-state index >= 15 is 0 Å². The van der Waals surface area contributed by atoms with E-state index in [9.17, 15) is 4.79 Å². The van der Waals surface area contributed by atoms with Gasteiger partial charge in [0.05, 0.1) is 6.04 Å². The third-order valence-electron chi connectivity index (χ3n) is 4.04. The van der Waals surface area contributed by atoms with Crippen LogP contribution in [0, 0.1) is 5.92 Å². The maximum Gasteiger partial charge on any atom is 0.153 e. The smallest absolute Gasteiger partial charge is 0.153 e. The first kappa shape index (κ1) is 20.1. The number of carbonyl (C=O) groups excluding carboxylic acids is 1. The van der Waals surface area contributed by atoms with Crippen LogP contribution in [-0.4, -0.2) is 17.9 Å². The SMILES string of the molecule is C.CC(C)NC(C(=O)C(C)C)C(c1ccccc1)c1ccccc1. The number of carbonyl (C=O) groups is 1. The number of ketones is 1. The lowest BCUT2D eigenvalue weighted by Crippen LogP contribution is -2.47. The van der Waals surface area contributed by atoms with E-state index in [0.29, 0.717) is 0 Å². The Labute approximate surface area is 147 Å². The highest BCUT2D eigenvalue weighted by Gasteiger charge is 2.32. The second-order valence-corrected chi connectivity index (χ2v) is 6.66. The van der Waals surface area contributed by atoms with Gasteiger partial charge in [0, 0.05) is 17.9 Å². The Morgan fingerprint density at radius 2 is 1.21 bits per heavy atom. The van der Waals surface area contributed by atoms with E-state index in [2.05, 4.69) is 43.4 Å². The molecule has 0 saturated carbocycles. The maximum atomic E-state index is 12.9. The average Bonchev–Trinajstić information content (AvgIpc) is 2.55. The van der Waals surface area contributed by atoms with E-state index in [0.717, 1.165) is 0 Å². The Bertz CT molecular complexity index is 565. The van der Waals surface area contributed by atoms with E-state index in [-0.39, 0.29) is 37.1 Å². The maximum absolute atomic E-state index is 12.9. The van der Waals surface area contributed by atoms with Gasteiger partial charge in [0.2, 0.25) is 0 Å². The van der Waals surface area contributed by atoms with Crippen LogP contribution in [0.15, 0.2) is 60.7 Å². The van der Waals surface area contributed by atoms with E-state index < -0.39 is 0 Å². The summed E-state index contributed by atoms with van der Waals surface area (Å²) in [6.45, 7) is 8.14. The number of nitrogens with one attached hydrogen (secondary N) is 1. The molecule has 0 spiro atoms. The Morgan fingerprint density at radius 3 is 1.54 bits per heavy atom. The summed E-state index contributed by atoms with van der Waals surface area (Å²) in [5, 5.41) is 3.51. The summed E-state index contributed by atoms with van der Waals surface area (Å²) in [5.74, 6) is 0.285. The van der Waals surface area contributed by atoms with Gasteiger partial charge in [-0.1, -0.05) is 95.8 Å². The van der Waals surface area contributed by atoms with E-state index in [1.54, 1.807) is 0 Å². The molecular formula is C22H31NO. The van der Waals surface area contributed by atoms with Crippen molar-refractivity contribution in [2.45, 2.75) is 53.1 Å². The third kappa shape index (κ3) is 5.04. The molecule has 0 aliphatic carbocycles. The van der Waals surface area contributed by atoms with Gasteiger partial charge in [0.15, 0.2) is 5.78 Å². The van der Waals surface area contributed by atoms with Crippen LogP contribution in [0.5, 0.6) is 0 Å². The van der Waals surface area contributed by atoms with Crippen LogP contribution in [0.2, 0.25) is 0 Å². The van der Waals surface area contributed by atoms with Crippen molar-refractivity contribution in [1.29, 1.82) is 0 Å². The summed E-state index contributed by atoms with van der Waals surface area (Å²) in [5.41, 5.74) is 2.34. The lowest BCUT2D eigenvalue weighted by molar-refractivity contribution is -0.124. The molecule has 0 aromatic heterocycles. The van der Waals surface area contributed by atoms with Gasteiger partial charge < -0.3 is 5.32 Å². The Balaban J connectivity index is 0.00000288. The van der Waals surface area contributed by atoms with Crippen molar-refractivity contribution < 1.29 is 4.79 Å². The molecule has 0 bridgehead atoms. The molecule has 1 N–H and O–H groups in total. The number of hydrogen-bond acceptors (Lipinski definition) is 2. The van der Waals surface area contributed by atoms with Gasteiger partial charge in [0.1, 0.15) is 0 Å². The van der Waals surface area contributed by atoms with Crippen LogP contribution in [0.3, 0.4) is 0 Å². The first-order valence-corrected chi connectivity index (χ1v) is 8.40. The molecule has 130 valence electrons. The van der Waals surface area contributed by atoms with Crippen molar-refractivity contribution >= 4 is 5.78 Å². The summed E-state index contributed by atoms with van der Waals surface area (Å²) in [7, 11) is 0. The number of rotatable bonds is 7. The second-order valence-electron chi connectivity index (χ2n) is 6.66. The molecule has 0 fully saturated rings. The van der Waals surface area contributed by atoms with Gasteiger partial charge in [-0.05, 0) is 11.1 Å². The van der Waals surface area contributed by atoms with Gasteiger partial charge in [-0.15, -0.1) is 0 Å². The predicted molar refractivity (Wildman–Crippen MR) is 103 cm³/mol. The summed E-state index contributed by atoms with van der Waals surface area (Å²) >= 11 is 0. The topological polar surface area (TPSA) is 29.1 Å². The third-order valence-corrected chi connectivity index (χ3v) is 4.04. The molecule has 0 heterocycles. The summed E-state index contributed by atoms with van der Waals surface area (Å²) in [6, 6.07) is 20.7. The summed E-state index contributed by atoms with van der Waals surface area (Å²) in [6.07, 6.45) is 0. The normalized spacial score (nSPS) is 12.3. The molecule has 2 nitrogen and oxygen atoms in total. The van der Waals surface area contributed by atoms with Crippen LogP contribution in [-0.2, 0) is 4.79 Å². The summed E-state index contributed by atoms with van der Waals surface area (Å²) < 4.78 is 0. The first-order chi connectivity index (χ1) is 11.0. The molecule has 0 aliphatic rings. The molecule has 24 heavy (non-hydrogen) atoms. The molecule has 1 atom stereocenters. The molecule has 0 saturated heterocycles. The molecule has 0 aliphatic heterocycles. The van der Waals surface area contributed by atoms with Crippen LogP contribution >= 0.6 is 0 Å². The number of benzene rings is 2. The van der Waals surface area contributed by atoms with Gasteiger partial charge in [-0.25, -0.2) is 0 Å². The molecule has 0 amide bonds. The predicted octanol–water partition coefficient (Wildman–Crippen LogP) is 5.05. The summed E-state index contributed by atoms with van der Waals surface area (Å²) in [4.78, 5) is 12.9. The Kier molecular flexibility index (Phi) is 7.87. The van der Waals surface area contributed by atoms with E-state index in [1.165, 1.54) is 11.1 Å². The Morgan fingerprint density at radius 1 is 0.792 bits per heavy atom. The number of hydrogen-bond donors (Lipinski definition) is 1. The first-order valence-electron chi connectivity index (χ1n) is 8.40. The van der Waals surface area contributed by atoms with Crippen LogP contribution in [0.1, 0.15) is 52.2 Å². The monoisotopic (exact) mass is 325 g/mol. The fourth-order valence-electron chi connectivity index (χ4n) is 2.96. The lowest BCUT2D eigenvalue weighted by atomic mass is 9.80. The van der Waals surface area contributed by atoms with E-state index in [1.807, 2.05) is 50.2 Å². The molecule has 2 rings (SSSR count). The number of Topliss-reactive ketones (excluding diaryl/α,β-unsaturated/α-hetero) is 1. The van der Waals surface area contributed by atoms with E-state index in [4.69, 9.17) is 0 Å². The quantitative estimate of drug-likeness (QED) is 0.772. The second kappa shape index (κ2) is 9.39. The molecule has 2 aromatic carbocycles. The van der Waals surface area contributed by atoms with Gasteiger partial charge in [0.25, 0.3) is 0 Å². The highest BCUT2D eigenvalue weighted by atomic mass is 16.1. The lowest BCUT2D eigenvalue weighted by Gasteiger charge is -2.31. The fourth-order valence-corrected chi connectivity index (χ4v) is 2.96. The van der Waals surface area contributed by atoms with Crippen molar-refractivity contribution in [1.82, 2.24) is 5.32 Å². The van der Waals surface area contributed by atoms with Gasteiger partial charge >= 0.3 is 0 Å². The highest BCUT2D eigenvalue weighted by Crippen LogP contribution is 2.30. The molecule has 1 unspecified atom stereocenters. The minimum atomic E-state index is -0.222. The minimum absolute atomic E-state index is 0. The van der Waals surface area contributed by atoms with Crippen LogP contribution in [0.4, 0.5) is 0 Å². The van der Waals surface area contributed by atoms with Gasteiger partial charge in [-0.2, -0.15) is 0 Å². The largest absolute Gasteiger partial charge is 0.304 e. The van der Waals surface area contributed by atoms with Crippen LogP contribution < -0.4 is 5.32 Å². The zero-order chi connectivity index (χ0) is 16.8. The minimum Gasteiger partial charge on any atom is -0.304 e. The van der Waals surface area contributed by atoms with Crippen molar-refractivity contribution in [2.24, 2.45) is 5.92 Å². The average molecular weight is 325 g/mol. The molecule has 2 heteroatoms. The van der Waals surface area contributed by atoms with Crippen molar-refractivity contribution in [3.63, 3.8) is 0 Å². The molecule has 0 radical (unpaired) electrons. The standard InChI is InChI=1S/C21H27NO.CH4/c1-15(2)21(23)20(22-16(3)4)19(17-11-7-5-8-12-17)18-13-9-6-10-14-18;/h5-16,19-20,22H,1-4H3;1H4. The zero-order valence-electron chi connectivity index (χ0n) is 14.5. The fraction of sp³-hybridized carbons (Fsp3) is 0.409. The van der Waals surface area contributed by atoms with Crippen molar-refractivity contribution in [3.8, 4) is 0 Å².